The average Bonchev–Trinajstić information content (AvgIpc) is 2.86. The van der Waals surface area contributed by atoms with Crippen molar-refractivity contribution < 1.29 is 4.42 Å². The molecule has 3 nitrogen and oxygen atoms in total. The third-order valence-electron chi connectivity index (χ3n) is 2.79. The molecule has 2 aromatic rings. The van der Waals surface area contributed by atoms with Crippen molar-refractivity contribution in [1.82, 2.24) is 10.3 Å². The van der Waals surface area contributed by atoms with E-state index >= 15 is 0 Å². The van der Waals surface area contributed by atoms with Gasteiger partial charge in [0.25, 0.3) is 0 Å². The minimum absolute atomic E-state index is 0.397. The van der Waals surface area contributed by atoms with Crippen LogP contribution in [0.3, 0.4) is 0 Å². The maximum absolute atomic E-state index is 6.03. The summed E-state index contributed by atoms with van der Waals surface area (Å²) in [4.78, 5) is 4.46. The highest BCUT2D eigenvalue weighted by atomic mass is 35.5. The first kappa shape index (κ1) is 9.19. The molecule has 0 radical (unpaired) electrons. The normalized spacial score (nSPS) is 21.3. The molecule has 1 aliphatic heterocycles. The first-order valence-corrected chi connectivity index (χ1v) is 5.48. The predicted octanol–water partition coefficient (Wildman–Crippen LogP) is 2.56. The number of para-hydroxylation sites is 1. The van der Waals surface area contributed by atoms with Crippen LogP contribution in [0.15, 0.2) is 22.6 Å². The zero-order valence-electron chi connectivity index (χ0n) is 8.16. The molecular weight excluding hydrogens is 212 g/mol. The number of aromatic nitrogens is 1. The summed E-state index contributed by atoms with van der Waals surface area (Å²) in [6.07, 6.45) is 1.09. The van der Waals surface area contributed by atoms with Gasteiger partial charge in [0, 0.05) is 12.5 Å². The number of halogens is 1. The Morgan fingerprint density at radius 1 is 1.47 bits per heavy atom. The first-order chi connectivity index (χ1) is 7.34. The fourth-order valence-electron chi connectivity index (χ4n) is 1.97. The lowest BCUT2D eigenvalue weighted by Gasteiger charge is -1.99. The number of hydrogen-bond acceptors (Lipinski definition) is 3. The zero-order chi connectivity index (χ0) is 10.3. The van der Waals surface area contributed by atoms with E-state index in [1.54, 1.807) is 0 Å². The van der Waals surface area contributed by atoms with E-state index in [1.165, 1.54) is 0 Å². The topological polar surface area (TPSA) is 38.1 Å². The van der Waals surface area contributed by atoms with Gasteiger partial charge in [0.15, 0.2) is 11.5 Å². The van der Waals surface area contributed by atoms with E-state index in [1.807, 2.05) is 18.2 Å². The van der Waals surface area contributed by atoms with E-state index in [0.29, 0.717) is 16.5 Å². The molecule has 0 aliphatic carbocycles. The summed E-state index contributed by atoms with van der Waals surface area (Å²) in [5.41, 5.74) is 1.56. The van der Waals surface area contributed by atoms with E-state index in [2.05, 4.69) is 10.3 Å². The maximum atomic E-state index is 6.03. The molecule has 1 aromatic heterocycles. The first-order valence-electron chi connectivity index (χ1n) is 5.10. The Kier molecular flexibility index (Phi) is 2.15. The van der Waals surface area contributed by atoms with Crippen LogP contribution >= 0.6 is 11.6 Å². The van der Waals surface area contributed by atoms with E-state index in [-0.39, 0.29) is 0 Å². The van der Waals surface area contributed by atoms with Crippen molar-refractivity contribution in [1.29, 1.82) is 0 Å². The van der Waals surface area contributed by atoms with Crippen LogP contribution in [0.2, 0.25) is 5.02 Å². The Labute approximate surface area is 92.4 Å². The van der Waals surface area contributed by atoms with Crippen molar-refractivity contribution in [2.75, 3.05) is 13.1 Å². The number of rotatable bonds is 1. The van der Waals surface area contributed by atoms with Gasteiger partial charge < -0.3 is 9.73 Å². The summed E-state index contributed by atoms with van der Waals surface area (Å²) in [7, 11) is 0. The Hall–Kier alpha value is -1.06. The summed E-state index contributed by atoms with van der Waals surface area (Å²) in [5.74, 6) is 1.21. The molecular formula is C11H11ClN2O. The van der Waals surface area contributed by atoms with E-state index in [4.69, 9.17) is 16.0 Å². The standard InChI is InChI=1S/C11H11ClN2O/c12-8-2-1-3-9-10(8)15-11(14-9)7-4-5-13-6-7/h1-3,7,13H,4-6H2. The van der Waals surface area contributed by atoms with Crippen LogP contribution < -0.4 is 5.32 Å². The van der Waals surface area contributed by atoms with Crippen LogP contribution in [-0.2, 0) is 0 Å². The number of nitrogens with one attached hydrogen (secondary N) is 1. The van der Waals surface area contributed by atoms with Gasteiger partial charge in [-0.15, -0.1) is 0 Å². The lowest BCUT2D eigenvalue weighted by molar-refractivity contribution is 0.485. The molecule has 1 N–H and O–H groups in total. The van der Waals surface area contributed by atoms with Crippen LogP contribution in [0.4, 0.5) is 0 Å². The van der Waals surface area contributed by atoms with Gasteiger partial charge in [-0.05, 0) is 25.1 Å². The van der Waals surface area contributed by atoms with Crippen LogP contribution in [0.5, 0.6) is 0 Å². The molecule has 1 unspecified atom stereocenters. The Bertz CT molecular complexity index is 488. The predicted molar refractivity (Wildman–Crippen MR) is 59.2 cm³/mol. The molecule has 1 aromatic carbocycles. The highest BCUT2D eigenvalue weighted by Gasteiger charge is 2.22. The van der Waals surface area contributed by atoms with Crippen molar-refractivity contribution in [3.63, 3.8) is 0 Å². The van der Waals surface area contributed by atoms with Gasteiger partial charge in [-0.3, -0.25) is 0 Å². The second-order valence-corrected chi connectivity index (χ2v) is 4.24. The number of hydrogen-bond donors (Lipinski definition) is 1. The van der Waals surface area contributed by atoms with Gasteiger partial charge in [-0.2, -0.15) is 0 Å². The van der Waals surface area contributed by atoms with Gasteiger partial charge >= 0.3 is 0 Å². The minimum Gasteiger partial charge on any atom is -0.439 e. The molecule has 0 saturated carbocycles. The van der Waals surface area contributed by atoms with Crippen molar-refractivity contribution in [2.45, 2.75) is 12.3 Å². The highest BCUT2D eigenvalue weighted by molar-refractivity contribution is 6.34. The van der Waals surface area contributed by atoms with Crippen molar-refractivity contribution in [2.24, 2.45) is 0 Å². The average molecular weight is 223 g/mol. The Morgan fingerprint density at radius 2 is 2.40 bits per heavy atom. The van der Waals surface area contributed by atoms with Crippen molar-refractivity contribution in [3.8, 4) is 0 Å². The van der Waals surface area contributed by atoms with Crippen molar-refractivity contribution >= 4 is 22.7 Å². The number of benzene rings is 1. The summed E-state index contributed by atoms with van der Waals surface area (Å²) >= 11 is 6.03. The molecule has 1 atom stereocenters. The van der Waals surface area contributed by atoms with Crippen LogP contribution in [0.25, 0.3) is 11.1 Å². The van der Waals surface area contributed by atoms with Gasteiger partial charge in [0.2, 0.25) is 0 Å². The number of fused-ring (bicyclic) bond motifs is 1. The molecule has 1 fully saturated rings. The summed E-state index contributed by atoms with van der Waals surface area (Å²) in [5, 5.41) is 3.93. The van der Waals surface area contributed by atoms with Crippen molar-refractivity contribution in [3.05, 3.63) is 29.1 Å². The third kappa shape index (κ3) is 1.52. The van der Waals surface area contributed by atoms with Crippen LogP contribution in [0, 0.1) is 0 Å². The smallest absolute Gasteiger partial charge is 0.200 e. The molecule has 0 amide bonds. The van der Waals surface area contributed by atoms with Crippen LogP contribution in [-0.4, -0.2) is 18.1 Å². The Morgan fingerprint density at radius 3 is 3.13 bits per heavy atom. The molecule has 0 spiro atoms. The summed E-state index contributed by atoms with van der Waals surface area (Å²) < 4.78 is 5.70. The van der Waals surface area contributed by atoms with Gasteiger partial charge in [0.05, 0.1) is 5.02 Å². The third-order valence-corrected chi connectivity index (χ3v) is 3.09. The van der Waals surface area contributed by atoms with Crippen LogP contribution in [0.1, 0.15) is 18.2 Å². The quantitative estimate of drug-likeness (QED) is 0.806. The van der Waals surface area contributed by atoms with Gasteiger partial charge in [-0.1, -0.05) is 17.7 Å². The molecule has 78 valence electrons. The zero-order valence-corrected chi connectivity index (χ0v) is 8.92. The van der Waals surface area contributed by atoms with E-state index < -0.39 is 0 Å². The highest BCUT2D eigenvalue weighted by Crippen LogP contribution is 2.29. The van der Waals surface area contributed by atoms with Gasteiger partial charge in [0.1, 0.15) is 5.52 Å². The minimum atomic E-state index is 0.397. The number of oxazole rings is 1. The molecule has 1 aliphatic rings. The van der Waals surface area contributed by atoms with E-state index in [9.17, 15) is 0 Å². The summed E-state index contributed by atoms with van der Waals surface area (Å²) in [6.45, 7) is 1.99. The lowest BCUT2D eigenvalue weighted by atomic mass is 10.1. The van der Waals surface area contributed by atoms with Gasteiger partial charge in [-0.25, -0.2) is 4.98 Å². The largest absolute Gasteiger partial charge is 0.439 e. The molecule has 0 bridgehead atoms. The monoisotopic (exact) mass is 222 g/mol. The molecule has 3 rings (SSSR count). The number of nitrogens with zero attached hydrogens (tertiary/aromatic N) is 1. The second kappa shape index (κ2) is 3.51. The Balaban J connectivity index is 2.09. The summed E-state index contributed by atoms with van der Waals surface area (Å²) in [6, 6.07) is 5.65. The maximum Gasteiger partial charge on any atom is 0.200 e. The SMILES string of the molecule is Clc1cccc2nc(C3CCNC3)oc12. The molecule has 2 heterocycles. The molecule has 15 heavy (non-hydrogen) atoms. The molecule has 1 saturated heterocycles. The lowest BCUT2D eigenvalue weighted by Crippen LogP contribution is -2.07. The second-order valence-electron chi connectivity index (χ2n) is 3.83. The molecule has 4 heteroatoms. The fourth-order valence-corrected chi connectivity index (χ4v) is 2.18. The van der Waals surface area contributed by atoms with E-state index in [0.717, 1.165) is 30.9 Å². The fraction of sp³-hybridized carbons (Fsp3) is 0.364.